The van der Waals surface area contributed by atoms with E-state index in [1.807, 2.05) is 30.4 Å². The number of carbonyl (C=O) groups is 1. The molecule has 2 atom stereocenters. The van der Waals surface area contributed by atoms with Crippen LogP contribution in [0.3, 0.4) is 0 Å². The van der Waals surface area contributed by atoms with Crippen LogP contribution in [0.2, 0.25) is 0 Å². The van der Waals surface area contributed by atoms with E-state index in [2.05, 4.69) is 32.1 Å². The maximum atomic E-state index is 12.5. The smallest absolute Gasteiger partial charge is 0.170 e. The molecule has 1 aromatic rings. The number of allylic oxidation sites excluding steroid dienone is 4. The quantitative estimate of drug-likeness (QED) is 0.659. The Morgan fingerprint density at radius 2 is 1.76 bits per heavy atom. The fraction of sp³-hybridized carbons (Fsp3) is 0.312. The minimum absolute atomic E-state index is 0.0184. The van der Waals surface area contributed by atoms with Crippen molar-refractivity contribution in [3.05, 3.63) is 59.7 Å². The first-order valence-electron chi connectivity index (χ1n) is 6.11. The highest BCUT2D eigenvalue weighted by Gasteiger charge is 2.44. The second-order valence-electron chi connectivity index (χ2n) is 5.45. The van der Waals surface area contributed by atoms with Crippen LogP contribution in [0, 0.1) is 11.8 Å². The van der Waals surface area contributed by atoms with E-state index >= 15 is 0 Å². The number of benzene rings is 1. The van der Waals surface area contributed by atoms with Crippen LogP contribution in [-0.2, 0) is 5.41 Å². The molecule has 0 bridgehead atoms. The first-order chi connectivity index (χ1) is 8.12. The summed E-state index contributed by atoms with van der Waals surface area (Å²) >= 11 is 0. The lowest BCUT2D eigenvalue weighted by Gasteiger charge is -2.43. The molecule has 0 radical (unpaired) electrons. The summed E-state index contributed by atoms with van der Waals surface area (Å²) in [6, 6.07) is 8.03. The molecule has 0 fully saturated rings. The van der Waals surface area contributed by atoms with Crippen LogP contribution in [-0.4, -0.2) is 5.78 Å². The fourth-order valence-electron chi connectivity index (χ4n) is 3.17. The van der Waals surface area contributed by atoms with Crippen molar-refractivity contribution in [3.8, 4) is 0 Å². The van der Waals surface area contributed by atoms with Crippen molar-refractivity contribution < 1.29 is 4.79 Å². The fourth-order valence-corrected chi connectivity index (χ4v) is 3.17. The van der Waals surface area contributed by atoms with Crippen molar-refractivity contribution in [1.82, 2.24) is 0 Å². The van der Waals surface area contributed by atoms with E-state index in [1.54, 1.807) is 0 Å². The number of fused-ring (bicyclic) bond motifs is 2. The highest BCUT2D eigenvalue weighted by atomic mass is 16.1. The summed E-state index contributed by atoms with van der Waals surface area (Å²) in [5, 5.41) is 0. The normalized spacial score (nSPS) is 28.7. The van der Waals surface area contributed by atoms with Gasteiger partial charge in [0.05, 0.1) is 0 Å². The van der Waals surface area contributed by atoms with Crippen molar-refractivity contribution in [3.63, 3.8) is 0 Å². The highest BCUT2D eigenvalue weighted by molar-refractivity contribution is 6.02. The third-order valence-electron chi connectivity index (χ3n) is 4.16. The Balaban J connectivity index is 2.25. The van der Waals surface area contributed by atoms with Crippen molar-refractivity contribution in [2.24, 2.45) is 11.8 Å². The van der Waals surface area contributed by atoms with Crippen LogP contribution < -0.4 is 0 Å². The number of rotatable bonds is 0. The zero-order valence-electron chi connectivity index (χ0n) is 10.2. The molecule has 2 aliphatic rings. The van der Waals surface area contributed by atoms with Gasteiger partial charge in [0, 0.05) is 11.5 Å². The van der Waals surface area contributed by atoms with E-state index in [1.165, 1.54) is 5.56 Å². The monoisotopic (exact) mass is 224 g/mol. The van der Waals surface area contributed by atoms with Crippen LogP contribution in [0.25, 0.3) is 0 Å². The van der Waals surface area contributed by atoms with E-state index in [9.17, 15) is 4.79 Å². The number of Topliss-reactive ketones (excluding diaryl/α,β-unsaturated/α-hetero) is 1. The predicted octanol–water partition coefficient (Wildman–Crippen LogP) is 3.52. The summed E-state index contributed by atoms with van der Waals surface area (Å²) < 4.78 is 0. The van der Waals surface area contributed by atoms with E-state index in [0.29, 0.717) is 0 Å². The largest absolute Gasteiger partial charge is 0.293 e. The SMILES string of the molecule is CC1(C)c2ccccc2C(=O)C2C=CC=CC21. The molecular formula is C16H16O. The molecule has 0 heterocycles. The van der Waals surface area contributed by atoms with Gasteiger partial charge in [0.25, 0.3) is 0 Å². The predicted molar refractivity (Wildman–Crippen MR) is 69.1 cm³/mol. The summed E-state index contributed by atoms with van der Waals surface area (Å²) in [6.45, 7) is 4.47. The molecule has 3 rings (SSSR count). The third kappa shape index (κ3) is 1.35. The molecule has 17 heavy (non-hydrogen) atoms. The maximum absolute atomic E-state index is 12.5. The summed E-state index contributed by atoms with van der Waals surface area (Å²) in [6.07, 6.45) is 8.27. The molecule has 0 saturated carbocycles. The van der Waals surface area contributed by atoms with Gasteiger partial charge in [-0.3, -0.25) is 4.79 Å². The summed E-state index contributed by atoms with van der Waals surface area (Å²) in [5.41, 5.74) is 2.11. The number of carbonyl (C=O) groups excluding carboxylic acids is 1. The van der Waals surface area contributed by atoms with Gasteiger partial charge in [-0.2, -0.15) is 0 Å². The van der Waals surface area contributed by atoms with Crippen molar-refractivity contribution in [1.29, 1.82) is 0 Å². The van der Waals surface area contributed by atoms with Gasteiger partial charge >= 0.3 is 0 Å². The van der Waals surface area contributed by atoms with Gasteiger partial charge in [-0.1, -0.05) is 62.4 Å². The van der Waals surface area contributed by atoms with Gasteiger partial charge in [0.1, 0.15) is 0 Å². The van der Waals surface area contributed by atoms with Crippen LogP contribution in [0.4, 0.5) is 0 Å². The molecule has 86 valence electrons. The second kappa shape index (κ2) is 3.43. The van der Waals surface area contributed by atoms with Crippen molar-refractivity contribution in [2.75, 3.05) is 0 Å². The van der Waals surface area contributed by atoms with E-state index in [0.717, 1.165) is 5.56 Å². The minimum atomic E-state index is 0.0184. The number of ketones is 1. The molecule has 0 saturated heterocycles. The summed E-state index contributed by atoms with van der Waals surface area (Å²) in [5.74, 6) is 0.574. The van der Waals surface area contributed by atoms with Gasteiger partial charge < -0.3 is 0 Å². The average molecular weight is 224 g/mol. The Bertz CT molecular complexity index is 534. The molecule has 1 nitrogen and oxygen atoms in total. The van der Waals surface area contributed by atoms with Gasteiger partial charge in [-0.15, -0.1) is 0 Å². The maximum Gasteiger partial charge on any atom is 0.170 e. The Hall–Kier alpha value is -1.63. The Labute approximate surface area is 102 Å². The van der Waals surface area contributed by atoms with E-state index in [4.69, 9.17) is 0 Å². The first kappa shape index (κ1) is 10.5. The van der Waals surface area contributed by atoms with Gasteiger partial charge in [-0.25, -0.2) is 0 Å². The zero-order chi connectivity index (χ0) is 12.0. The highest BCUT2D eigenvalue weighted by Crippen LogP contribution is 2.46. The van der Waals surface area contributed by atoms with Crippen molar-refractivity contribution >= 4 is 5.78 Å². The Morgan fingerprint density at radius 3 is 2.59 bits per heavy atom. The van der Waals surface area contributed by atoms with Crippen molar-refractivity contribution in [2.45, 2.75) is 19.3 Å². The molecule has 2 unspecified atom stereocenters. The standard InChI is InChI=1S/C16H16O/c1-16(2)13-9-5-3-7-11(13)15(17)12-8-4-6-10-14(12)16/h3-11,13H,1-2H3. The minimum Gasteiger partial charge on any atom is -0.293 e. The molecule has 0 N–H and O–H groups in total. The zero-order valence-corrected chi connectivity index (χ0v) is 10.2. The van der Waals surface area contributed by atoms with E-state index < -0.39 is 0 Å². The average Bonchev–Trinajstić information content (AvgIpc) is 2.37. The summed E-state index contributed by atoms with van der Waals surface area (Å²) in [4.78, 5) is 12.5. The molecule has 0 aromatic heterocycles. The molecule has 0 aliphatic heterocycles. The summed E-state index contributed by atoms with van der Waals surface area (Å²) in [7, 11) is 0. The number of hydrogen-bond acceptors (Lipinski definition) is 1. The first-order valence-corrected chi connectivity index (χ1v) is 6.11. The molecule has 0 spiro atoms. The molecule has 2 aliphatic carbocycles. The van der Waals surface area contributed by atoms with Crippen LogP contribution >= 0.6 is 0 Å². The Morgan fingerprint density at radius 1 is 1.06 bits per heavy atom. The Kier molecular flexibility index (Phi) is 2.12. The van der Waals surface area contributed by atoms with Crippen LogP contribution in [0.15, 0.2) is 48.6 Å². The van der Waals surface area contributed by atoms with Gasteiger partial charge in [-0.05, 0) is 16.9 Å². The van der Waals surface area contributed by atoms with Crippen LogP contribution in [0.5, 0.6) is 0 Å². The lowest BCUT2D eigenvalue weighted by molar-refractivity contribution is 0.0866. The second-order valence-corrected chi connectivity index (χ2v) is 5.45. The van der Waals surface area contributed by atoms with E-state index in [-0.39, 0.29) is 23.0 Å². The lowest BCUT2D eigenvalue weighted by atomic mass is 9.59. The number of hydrogen-bond donors (Lipinski definition) is 0. The molecule has 1 aromatic carbocycles. The topological polar surface area (TPSA) is 17.1 Å². The molecule has 0 amide bonds. The third-order valence-corrected chi connectivity index (χ3v) is 4.16. The van der Waals surface area contributed by atoms with Crippen LogP contribution in [0.1, 0.15) is 29.8 Å². The molecule has 1 heteroatoms. The lowest BCUT2D eigenvalue weighted by Crippen LogP contribution is -2.42. The van der Waals surface area contributed by atoms with Gasteiger partial charge in [0.15, 0.2) is 5.78 Å². The van der Waals surface area contributed by atoms with Gasteiger partial charge in [0.2, 0.25) is 0 Å². The molecular weight excluding hydrogens is 208 g/mol.